The van der Waals surface area contributed by atoms with Gasteiger partial charge in [-0.3, -0.25) is 9.36 Å². The molecule has 1 N–H and O–H groups in total. The number of anilines is 1. The molecule has 0 bridgehead atoms. The van der Waals surface area contributed by atoms with E-state index in [0.29, 0.717) is 17.5 Å². The number of carbonyl (C=O) groups excluding carboxylic acids is 1. The van der Waals surface area contributed by atoms with Gasteiger partial charge in [-0.2, -0.15) is 0 Å². The van der Waals surface area contributed by atoms with Gasteiger partial charge in [-0.05, 0) is 64.7 Å². The minimum Gasteiger partial charge on any atom is -0.485 e. The molecule has 1 aromatic heterocycles. The second kappa shape index (κ2) is 11.4. The van der Waals surface area contributed by atoms with E-state index >= 15 is 0 Å². The third-order valence-electron chi connectivity index (χ3n) is 5.16. The number of nitrogens with zero attached hydrogens (tertiary/aromatic N) is 3. The summed E-state index contributed by atoms with van der Waals surface area (Å²) in [6, 6.07) is 23.8. The van der Waals surface area contributed by atoms with Gasteiger partial charge < -0.3 is 10.1 Å². The van der Waals surface area contributed by atoms with Crippen LogP contribution in [0.15, 0.2) is 82.4 Å². The van der Waals surface area contributed by atoms with E-state index in [4.69, 9.17) is 4.74 Å². The van der Waals surface area contributed by atoms with Crippen LogP contribution >= 0.6 is 27.7 Å². The molecule has 34 heavy (non-hydrogen) atoms. The van der Waals surface area contributed by atoms with E-state index in [0.717, 1.165) is 32.6 Å². The summed E-state index contributed by atoms with van der Waals surface area (Å²) in [4.78, 5) is 12.6. The Morgan fingerprint density at radius 3 is 2.56 bits per heavy atom. The molecule has 3 aromatic carbocycles. The largest absolute Gasteiger partial charge is 0.485 e. The van der Waals surface area contributed by atoms with Crippen LogP contribution in [0.3, 0.4) is 0 Å². The van der Waals surface area contributed by atoms with Gasteiger partial charge in [-0.1, -0.05) is 66.4 Å². The quantitative estimate of drug-likeness (QED) is 0.265. The second-order valence-electron chi connectivity index (χ2n) is 7.84. The van der Waals surface area contributed by atoms with Gasteiger partial charge >= 0.3 is 0 Å². The summed E-state index contributed by atoms with van der Waals surface area (Å²) in [6.45, 7) is 4.89. The van der Waals surface area contributed by atoms with E-state index in [1.807, 2.05) is 79.1 Å². The molecular formula is C26H25BrN4O2S. The van der Waals surface area contributed by atoms with Crippen molar-refractivity contribution in [2.24, 2.45) is 0 Å². The van der Waals surface area contributed by atoms with Crippen molar-refractivity contribution in [3.8, 4) is 5.75 Å². The molecule has 0 saturated heterocycles. The van der Waals surface area contributed by atoms with Gasteiger partial charge in [-0.25, -0.2) is 0 Å². The summed E-state index contributed by atoms with van der Waals surface area (Å²) in [6.07, 6.45) is 0. The molecule has 6 nitrogen and oxygen atoms in total. The highest BCUT2D eigenvalue weighted by Crippen LogP contribution is 2.25. The molecule has 0 aliphatic carbocycles. The lowest BCUT2D eigenvalue weighted by Crippen LogP contribution is -2.15. The number of benzene rings is 3. The predicted molar refractivity (Wildman–Crippen MR) is 139 cm³/mol. The molecule has 1 amide bonds. The predicted octanol–water partition coefficient (Wildman–Crippen LogP) is 6.02. The summed E-state index contributed by atoms with van der Waals surface area (Å²) < 4.78 is 8.89. The van der Waals surface area contributed by atoms with E-state index in [-0.39, 0.29) is 18.3 Å². The van der Waals surface area contributed by atoms with Crippen LogP contribution in [0.4, 0.5) is 5.69 Å². The number of amides is 1. The molecule has 174 valence electrons. The Hall–Kier alpha value is -3.10. The number of ether oxygens (including phenoxy) is 1. The highest BCUT2D eigenvalue weighted by atomic mass is 79.9. The summed E-state index contributed by atoms with van der Waals surface area (Å²) >= 11 is 4.86. The summed E-state index contributed by atoms with van der Waals surface area (Å²) in [5, 5.41) is 12.4. The Morgan fingerprint density at radius 1 is 1.03 bits per heavy atom. The summed E-state index contributed by atoms with van der Waals surface area (Å²) in [7, 11) is 0. The minimum atomic E-state index is -0.110. The van der Waals surface area contributed by atoms with Gasteiger partial charge in [0.1, 0.15) is 12.4 Å². The number of thioether (sulfide) groups is 1. The number of nitrogens with one attached hydrogen (secondary N) is 1. The van der Waals surface area contributed by atoms with Crippen molar-refractivity contribution in [3.05, 3.63) is 99.8 Å². The van der Waals surface area contributed by atoms with Gasteiger partial charge in [0.05, 0.1) is 18.0 Å². The van der Waals surface area contributed by atoms with Crippen molar-refractivity contribution in [1.29, 1.82) is 0 Å². The minimum absolute atomic E-state index is 0.110. The zero-order valence-corrected chi connectivity index (χ0v) is 21.4. The molecule has 0 saturated carbocycles. The lowest BCUT2D eigenvalue weighted by atomic mass is 10.2. The maximum atomic E-state index is 12.6. The number of carbonyl (C=O) groups is 1. The van der Waals surface area contributed by atoms with Crippen LogP contribution in [0.25, 0.3) is 0 Å². The monoisotopic (exact) mass is 536 g/mol. The lowest BCUT2D eigenvalue weighted by Gasteiger charge is -2.12. The number of aromatic nitrogens is 3. The lowest BCUT2D eigenvalue weighted by molar-refractivity contribution is -0.113. The van der Waals surface area contributed by atoms with E-state index in [1.165, 1.54) is 11.8 Å². The van der Waals surface area contributed by atoms with Crippen molar-refractivity contribution in [1.82, 2.24) is 14.8 Å². The molecule has 0 aliphatic rings. The van der Waals surface area contributed by atoms with Crippen LogP contribution in [0, 0.1) is 13.8 Å². The standard InChI is InChI=1S/C26H25BrN4O2S/c1-18-12-13-22(21(27)14-18)28-25(32)17-34-26-30-29-24(16-33-23-11-7-6-8-19(23)2)31(26)15-20-9-4-3-5-10-20/h3-14H,15-17H2,1-2H3,(H,28,32). The highest BCUT2D eigenvalue weighted by Gasteiger charge is 2.16. The Kier molecular flexibility index (Phi) is 8.03. The number of aryl methyl sites for hydroxylation is 2. The van der Waals surface area contributed by atoms with Crippen LogP contribution in [0.1, 0.15) is 22.5 Å². The van der Waals surface area contributed by atoms with E-state index in [9.17, 15) is 4.79 Å². The molecule has 8 heteroatoms. The van der Waals surface area contributed by atoms with E-state index < -0.39 is 0 Å². The second-order valence-corrected chi connectivity index (χ2v) is 9.64. The van der Waals surface area contributed by atoms with Gasteiger partial charge in [0, 0.05) is 4.47 Å². The zero-order chi connectivity index (χ0) is 23.9. The van der Waals surface area contributed by atoms with E-state index in [1.54, 1.807) is 0 Å². The van der Waals surface area contributed by atoms with Crippen molar-refractivity contribution >= 4 is 39.3 Å². The highest BCUT2D eigenvalue weighted by molar-refractivity contribution is 9.10. The maximum Gasteiger partial charge on any atom is 0.234 e. The first-order chi connectivity index (χ1) is 16.5. The molecule has 0 fully saturated rings. The third-order valence-corrected chi connectivity index (χ3v) is 6.78. The normalized spacial score (nSPS) is 10.8. The molecular weight excluding hydrogens is 512 g/mol. The van der Waals surface area contributed by atoms with Crippen LogP contribution < -0.4 is 10.1 Å². The number of halogens is 1. The first kappa shape index (κ1) is 24.0. The van der Waals surface area contributed by atoms with Crippen LogP contribution in [0.5, 0.6) is 5.75 Å². The molecule has 1 heterocycles. The zero-order valence-electron chi connectivity index (χ0n) is 19.0. The molecule has 0 aliphatic heterocycles. The molecule has 0 radical (unpaired) electrons. The van der Waals surface area contributed by atoms with Crippen LogP contribution in [0.2, 0.25) is 0 Å². The summed E-state index contributed by atoms with van der Waals surface area (Å²) in [5.74, 6) is 1.62. The fraction of sp³-hybridized carbons (Fsp3) is 0.192. The fourth-order valence-corrected chi connectivity index (χ4v) is 4.70. The first-order valence-corrected chi connectivity index (χ1v) is 12.6. The number of hydrogen-bond donors (Lipinski definition) is 1. The number of para-hydroxylation sites is 1. The fourth-order valence-electron chi connectivity index (χ4n) is 3.36. The Bertz CT molecular complexity index is 1280. The third kappa shape index (κ3) is 6.27. The Labute approximate surface area is 211 Å². The first-order valence-electron chi connectivity index (χ1n) is 10.8. The molecule has 0 spiro atoms. The number of hydrogen-bond acceptors (Lipinski definition) is 5. The Balaban J connectivity index is 1.48. The van der Waals surface area contributed by atoms with Crippen molar-refractivity contribution in [3.63, 3.8) is 0 Å². The molecule has 0 atom stereocenters. The topological polar surface area (TPSA) is 69.0 Å². The van der Waals surface area contributed by atoms with Crippen LogP contribution in [-0.4, -0.2) is 26.4 Å². The summed E-state index contributed by atoms with van der Waals surface area (Å²) in [5.41, 5.74) is 4.04. The number of rotatable bonds is 9. The Morgan fingerprint density at radius 2 is 1.79 bits per heavy atom. The molecule has 4 rings (SSSR count). The van der Waals surface area contributed by atoms with Crippen LogP contribution in [-0.2, 0) is 17.9 Å². The van der Waals surface area contributed by atoms with Crippen molar-refractivity contribution in [2.45, 2.75) is 32.2 Å². The van der Waals surface area contributed by atoms with Gasteiger partial charge in [0.25, 0.3) is 0 Å². The maximum absolute atomic E-state index is 12.6. The van der Waals surface area contributed by atoms with Gasteiger partial charge in [-0.15, -0.1) is 10.2 Å². The smallest absolute Gasteiger partial charge is 0.234 e. The average Bonchev–Trinajstić information content (AvgIpc) is 3.21. The average molecular weight is 537 g/mol. The molecule has 4 aromatic rings. The van der Waals surface area contributed by atoms with Crippen molar-refractivity contribution < 1.29 is 9.53 Å². The SMILES string of the molecule is Cc1ccc(NC(=O)CSc2nnc(COc3ccccc3C)n2Cc2ccccc2)c(Br)c1. The molecule has 0 unspecified atom stereocenters. The van der Waals surface area contributed by atoms with Gasteiger partial charge in [0.2, 0.25) is 5.91 Å². The van der Waals surface area contributed by atoms with Crippen molar-refractivity contribution in [2.75, 3.05) is 11.1 Å². The van der Waals surface area contributed by atoms with Gasteiger partial charge in [0.15, 0.2) is 11.0 Å². The van der Waals surface area contributed by atoms with E-state index in [2.05, 4.69) is 43.6 Å².